The summed E-state index contributed by atoms with van der Waals surface area (Å²) in [4.78, 5) is 29.3. The fraction of sp³-hybridized carbons (Fsp3) is 0.391. The Morgan fingerprint density at radius 1 is 0.971 bits per heavy atom. The number of alkyl halides is 3. The van der Waals surface area contributed by atoms with Crippen molar-refractivity contribution in [2.45, 2.75) is 6.18 Å². The van der Waals surface area contributed by atoms with Crippen LogP contribution in [-0.2, 0) is 10.9 Å². The van der Waals surface area contributed by atoms with E-state index in [0.29, 0.717) is 32.0 Å². The molecule has 0 atom stereocenters. The Morgan fingerprint density at radius 3 is 2.23 bits per heavy atom. The third kappa shape index (κ3) is 5.14. The normalized spacial score (nSPS) is 16.7. The minimum atomic E-state index is -4.54. The van der Waals surface area contributed by atoms with Gasteiger partial charge in [-0.25, -0.2) is 0 Å². The number of piperazine rings is 1. The van der Waals surface area contributed by atoms with Crippen molar-refractivity contribution < 1.29 is 27.6 Å². The van der Waals surface area contributed by atoms with Crippen LogP contribution in [0.1, 0.15) is 21.5 Å². The van der Waals surface area contributed by atoms with E-state index in [1.54, 1.807) is 11.0 Å². The molecule has 12 heteroatoms. The molecule has 0 saturated carbocycles. The first-order valence-electron chi connectivity index (χ1n) is 11.0. The van der Waals surface area contributed by atoms with Crippen LogP contribution >= 0.6 is 0 Å². The minimum Gasteiger partial charge on any atom is -0.378 e. The zero-order valence-corrected chi connectivity index (χ0v) is 18.6. The van der Waals surface area contributed by atoms with Crippen LogP contribution in [0.5, 0.6) is 0 Å². The Labute approximate surface area is 199 Å². The summed E-state index contributed by atoms with van der Waals surface area (Å²) in [5, 5.41) is 20.7. The highest BCUT2D eigenvalue weighted by Crippen LogP contribution is 2.34. The average Bonchev–Trinajstić information content (AvgIpc) is 2.87. The number of anilines is 2. The third-order valence-electron chi connectivity index (χ3n) is 6.13. The van der Waals surface area contributed by atoms with E-state index in [9.17, 15) is 33.3 Å². The number of benzene rings is 2. The molecule has 0 aromatic heterocycles. The van der Waals surface area contributed by atoms with Gasteiger partial charge in [0.05, 0.1) is 46.2 Å². The fourth-order valence-electron chi connectivity index (χ4n) is 4.27. The second-order valence-electron chi connectivity index (χ2n) is 8.18. The van der Waals surface area contributed by atoms with Crippen LogP contribution in [0.15, 0.2) is 36.4 Å². The number of carbonyl (C=O) groups excluding carboxylic acids is 1. The number of carbonyl (C=O) groups is 1. The lowest BCUT2D eigenvalue weighted by molar-refractivity contribution is -0.384. The predicted molar refractivity (Wildman–Crippen MR) is 120 cm³/mol. The topological polar surface area (TPSA) is 103 Å². The number of non-ortho nitro benzene ring substituents is 1. The zero-order chi connectivity index (χ0) is 25.2. The van der Waals surface area contributed by atoms with Gasteiger partial charge in [-0.15, -0.1) is 0 Å². The quantitative estimate of drug-likeness (QED) is 0.480. The Balaban J connectivity index is 1.56. The number of hydrogen-bond acceptors (Lipinski definition) is 7. The minimum absolute atomic E-state index is 0.117. The van der Waals surface area contributed by atoms with Crippen LogP contribution in [0.2, 0.25) is 0 Å². The molecule has 2 aromatic carbocycles. The molecule has 35 heavy (non-hydrogen) atoms. The summed E-state index contributed by atoms with van der Waals surface area (Å²) in [5.41, 5.74) is 0.00975. The first kappa shape index (κ1) is 24.3. The van der Waals surface area contributed by atoms with Gasteiger partial charge in [0.15, 0.2) is 0 Å². The number of ether oxygens (including phenoxy) is 1. The van der Waals surface area contributed by atoms with E-state index in [1.807, 2.05) is 11.0 Å². The average molecular weight is 489 g/mol. The number of nitro benzene ring substituents is 1. The molecule has 2 fully saturated rings. The molecular formula is C23H22F3N5O4. The Bertz CT molecular complexity index is 1170. The molecule has 2 aliphatic rings. The molecule has 2 aliphatic heterocycles. The first-order chi connectivity index (χ1) is 16.7. The van der Waals surface area contributed by atoms with E-state index < -0.39 is 16.7 Å². The van der Waals surface area contributed by atoms with E-state index in [0.717, 1.165) is 18.2 Å². The van der Waals surface area contributed by atoms with Crippen molar-refractivity contribution >= 4 is 23.0 Å². The maximum atomic E-state index is 13.4. The summed E-state index contributed by atoms with van der Waals surface area (Å²) in [6.45, 7) is 2.82. The Morgan fingerprint density at radius 2 is 1.63 bits per heavy atom. The van der Waals surface area contributed by atoms with Crippen molar-refractivity contribution in [2.75, 3.05) is 62.3 Å². The van der Waals surface area contributed by atoms with E-state index >= 15 is 0 Å². The maximum Gasteiger partial charge on any atom is 0.416 e. The lowest BCUT2D eigenvalue weighted by Crippen LogP contribution is -2.49. The number of nitro groups is 1. The third-order valence-corrected chi connectivity index (χ3v) is 6.13. The van der Waals surface area contributed by atoms with E-state index in [4.69, 9.17) is 4.74 Å². The highest BCUT2D eigenvalue weighted by molar-refractivity contribution is 6.00. The van der Waals surface area contributed by atoms with Gasteiger partial charge in [-0.2, -0.15) is 18.4 Å². The van der Waals surface area contributed by atoms with Gasteiger partial charge in [-0.05, 0) is 24.3 Å². The number of hydrogen-bond donors (Lipinski definition) is 0. The molecule has 184 valence electrons. The molecule has 2 aromatic rings. The SMILES string of the molecule is N#Cc1ccc(C(F)(F)F)cc1N1CCN(C(=O)c2cc([N+](=O)[O-])ccc2N2CCOCC2)CC1. The molecule has 0 spiro atoms. The molecular weight excluding hydrogens is 467 g/mol. The van der Waals surface area contributed by atoms with Crippen molar-refractivity contribution in [1.29, 1.82) is 5.26 Å². The molecule has 2 saturated heterocycles. The highest BCUT2D eigenvalue weighted by Gasteiger charge is 2.33. The van der Waals surface area contributed by atoms with Gasteiger partial charge in [0.25, 0.3) is 11.6 Å². The smallest absolute Gasteiger partial charge is 0.378 e. The molecule has 1 amide bonds. The van der Waals surface area contributed by atoms with Crippen molar-refractivity contribution in [3.63, 3.8) is 0 Å². The summed E-state index contributed by atoms with van der Waals surface area (Å²) >= 11 is 0. The Hall–Kier alpha value is -3.85. The van der Waals surface area contributed by atoms with Gasteiger partial charge in [-0.1, -0.05) is 0 Å². The van der Waals surface area contributed by atoms with E-state index in [1.165, 1.54) is 17.0 Å². The van der Waals surface area contributed by atoms with Gasteiger partial charge < -0.3 is 19.4 Å². The van der Waals surface area contributed by atoms with Crippen LogP contribution in [-0.4, -0.2) is 68.2 Å². The van der Waals surface area contributed by atoms with Crippen LogP contribution in [0.4, 0.5) is 30.2 Å². The van der Waals surface area contributed by atoms with E-state index in [2.05, 4.69) is 0 Å². The van der Waals surface area contributed by atoms with Gasteiger partial charge in [0.2, 0.25) is 0 Å². The molecule has 9 nitrogen and oxygen atoms in total. The second-order valence-corrected chi connectivity index (χ2v) is 8.18. The number of rotatable bonds is 4. The molecule has 0 radical (unpaired) electrons. The van der Waals surface area contributed by atoms with Crippen molar-refractivity contribution in [3.05, 3.63) is 63.2 Å². The van der Waals surface area contributed by atoms with Gasteiger partial charge in [0.1, 0.15) is 6.07 Å². The van der Waals surface area contributed by atoms with Gasteiger partial charge >= 0.3 is 6.18 Å². The molecule has 0 bridgehead atoms. The second kappa shape index (κ2) is 9.79. The number of nitriles is 1. The molecule has 0 unspecified atom stereocenters. The predicted octanol–water partition coefficient (Wildman–Crippen LogP) is 3.28. The first-order valence-corrected chi connectivity index (χ1v) is 11.0. The largest absolute Gasteiger partial charge is 0.416 e. The van der Waals surface area contributed by atoms with Crippen molar-refractivity contribution in [2.24, 2.45) is 0 Å². The van der Waals surface area contributed by atoms with Crippen molar-refractivity contribution in [3.8, 4) is 6.07 Å². The summed E-state index contributed by atoms with van der Waals surface area (Å²) in [6.07, 6.45) is -4.54. The molecule has 0 aliphatic carbocycles. The number of morpholine rings is 1. The zero-order valence-electron chi connectivity index (χ0n) is 18.6. The van der Waals surface area contributed by atoms with Crippen LogP contribution < -0.4 is 9.80 Å². The van der Waals surface area contributed by atoms with Crippen LogP contribution in [0, 0.1) is 21.4 Å². The number of amides is 1. The summed E-state index contributed by atoms with van der Waals surface area (Å²) < 4.78 is 44.9. The lowest BCUT2D eigenvalue weighted by atomic mass is 10.1. The van der Waals surface area contributed by atoms with Gasteiger partial charge in [-0.3, -0.25) is 14.9 Å². The molecule has 4 rings (SSSR count). The fourth-order valence-corrected chi connectivity index (χ4v) is 4.27. The summed E-state index contributed by atoms with van der Waals surface area (Å²) in [5.74, 6) is -0.389. The molecule has 0 N–H and O–H groups in total. The number of nitrogens with zero attached hydrogens (tertiary/aromatic N) is 5. The van der Waals surface area contributed by atoms with Gasteiger partial charge in [0, 0.05) is 51.4 Å². The van der Waals surface area contributed by atoms with Crippen LogP contribution in [0.3, 0.4) is 0 Å². The number of halogens is 3. The standard InChI is InChI=1S/C23H22F3N5O4/c24-23(25,26)17-2-1-16(15-27)21(13-17)28-5-7-30(8-6-28)22(32)19-14-18(31(33)34)3-4-20(19)29-9-11-35-12-10-29/h1-4,13-14H,5-12H2. The Kier molecular flexibility index (Phi) is 6.79. The lowest BCUT2D eigenvalue weighted by Gasteiger charge is -2.37. The monoisotopic (exact) mass is 489 g/mol. The molecule has 2 heterocycles. The van der Waals surface area contributed by atoms with Crippen LogP contribution in [0.25, 0.3) is 0 Å². The summed E-state index contributed by atoms with van der Waals surface area (Å²) in [6, 6.07) is 9.08. The van der Waals surface area contributed by atoms with Crippen molar-refractivity contribution in [1.82, 2.24) is 4.90 Å². The summed E-state index contributed by atoms with van der Waals surface area (Å²) in [7, 11) is 0. The maximum absolute atomic E-state index is 13.4. The highest BCUT2D eigenvalue weighted by atomic mass is 19.4. The van der Waals surface area contributed by atoms with E-state index in [-0.39, 0.29) is 54.6 Å².